The number of hydrogen-bond acceptors (Lipinski definition) is 3. The summed E-state index contributed by atoms with van der Waals surface area (Å²) in [5, 5.41) is 7.06. The second-order valence-electron chi connectivity index (χ2n) is 5.84. The number of carbonyl (C=O) groups is 1. The molecule has 0 aliphatic carbocycles. The maximum absolute atomic E-state index is 13.4. The van der Waals surface area contributed by atoms with Crippen LogP contribution in [0, 0.1) is 12.7 Å². The maximum atomic E-state index is 13.4. The molecule has 134 valence electrons. The van der Waals surface area contributed by atoms with Crippen molar-refractivity contribution in [1.29, 1.82) is 0 Å². The first-order valence-electron chi connectivity index (χ1n) is 7.86. The summed E-state index contributed by atoms with van der Waals surface area (Å²) in [6, 6.07) is 7.06. The van der Waals surface area contributed by atoms with Crippen molar-refractivity contribution < 1.29 is 9.18 Å². The molecule has 0 aliphatic heterocycles. The van der Waals surface area contributed by atoms with Gasteiger partial charge >= 0.3 is 0 Å². The van der Waals surface area contributed by atoms with Crippen LogP contribution >= 0.6 is 11.6 Å². The molecule has 0 spiro atoms. The number of aromatic nitrogens is 3. The van der Waals surface area contributed by atoms with Crippen LogP contribution in [0.1, 0.15) is 34.6 Å². The third-order valence-corrected chi connectivity index (χ3v) is 4.32. The second-order valence-corrected chi connectivity index (χ2v) is 6.24. The molecule has 0 saturated heterocycles. The van der Waals surface area contributed by atoms with Gasteiger partial charge in [-0.25, -0.2) is 9.07 Å². The molecule has 6 nitrogen and oxygen atoms in total. The van der Waals surface area contributed by atoms with Crippen molar-refractivity contribution in [3.8, 4) is 5.69 Å². The van der Waals surface area contributed by atoms with E-state index in [2.05, 4.69) is 15.4 Å². The molecule has 2 aromatic heterocycles. The predicted molar refractivity (Wildman–Crippen MR) is 96.2 cm³/mol. The quantitative estimate of drug-likeness (QED) is 0.736. The predicted octanol–water partition coefficient (Wildman–Crippen LogP) is 3.15. The molecule has 1 atom stereocenters. The second kappa shape index (κ2) is 7.13. The van der Waals surface area contributed by atoms with Gasteiger partial charge in [-0.1, -0.05) is 17.7 Å². The van der Waals surface area contributed by atoms with E-state index in [1.165, 1.54) is 24.4 Å². The van der Waals surface area contributed by atoms with Gasteiger partial charge in [0.2, 0.25) is 0 Å². The zero-order valence-electron chi connectivity index (χ0n) is 14.1. The average molecular weight is 375 g/mol. The molecular weight excluding hydrogens is 359 g/mol. The van der Waals surface area contributed by atoms with Crippen LogP contribution in [-0.2, 0) is 0 Å². The van der Waals surface area contributed by atoms with Gasteiger partial charge in [0.15, 0.2) is 0 Å². The number of nitrogens with zero attached hydrogens (tertiary/aromatic N) is 2. The number of H-pyrrole nitrogens is 1. The van der Waals surface area contributed by atoms with Gasteiger partial charge in [0.05, 0.1) is 23.5 Å². The van der Waals surface area contributed by atoms with Gasteiger partial charge in [0, 0.05) is 17.5 Å². The molecule has 0 bridgehead atoms. The molecule has 1 aromatic carbocycles. The highest BCUT2D eigenvalue weighted by molar-refractivity contribution is 6.30. The first kappa shape index (κ1) is 17.9. The lowest BCUT2D eigenvalue weighted by atomic mass is 10.1. The summed E-state index contributed by atoms with van der Waals surface area (Å²) < 4.78 is 15.0. The Morgan fingerprint density at radius 3 is 2.85 bits per heavy atom. The monoisotopic (exact) mass is 374 g/mol. The fourth-order valence-corrected chi connectivity index (χ4v) is 2.83. The Morgan fingerprint density at radius 2 is 2.15 bits per heavy atom. The summed E-state index contributed by atoms with van der Waals surface area (Å²) >= 11 is 5.75. The largest absolute Gasteiger partial charge is 0.345 e. The minimum absolute atomic E-state index is 0.0552. The van der Waals surface area contributed by atoms with Crippen LogP contribution in [0.3, 0.4) is 0 Å². The fourth-order valence-electron chi connectivity index (χ4n) is 2.66. The molecule has 26 heavy (non-hydrogen) atoms. The first-order chi connectivity index (χ1) is 12.4. The zero-order chi connectivity index (χ0) is 18.8. The number of nitrogens with one attached hydrogen (secondary N) is 2. The number of aromatic amines is 1. The minimum atomic E-state index is -0.455. The molecular formula is C18H16ClFN4O2. The van der Waals surface area contributed by atoms with Crippen LogP contribution in [0.5, 0.6) is 0 Å². The number of amides is 1. The smallest absolute Gasteiger partial charge is 0.266 e. The highest BCUT2D eigenvalue weighted by Gasteiger charge is 2.18. The number of rotatable bonds is 4. The van der Waals surface area contributed by atoms with Crippen LogP contribution in [-0.4, -0.2) is 20.7 Å². The Bertz CT molecular complexity index is 1030. The zero-order valence-corrected chi connectivity index (χ0v) is 14.8. The highest BCUT2D eigenvalue weighted by Crippen LogP contribution is 2.21. The Morgan fingerprint density at radius 1 is 1.38 bits per heavy atom. The summed E-state index contributed by atoms with van der Waals surface area (Å²) in [5.74, 6) is -0.733. The van der Waals surface area contributed by atoms with E-state index in [1.54, 1.807) is 23.0 Å². The molecule has 0 saturated carbocycles. The SMILES string of the molecule is Cc1c([C@H](C)NC(=O)c2c[nH]c(=O)c(Cl)c2)cnn1-c1cccc(F)c1. The summed E-state index contributed by atoms with van der Waals surface area (Å²) in [6.45, 7) is 3.65. The molecule has 0 aliphatic rings. The maximum Gasteiger partial charge on any atom is 0.266 e. The van der Waals surface area contributed by atoms with E-state index in [1.807, 2.05) is 13.8 Å². The van der Waals surface area contributed by atoms with Gasteiger partial charge in [0.25, 0.3) is 11.5 Å². The summed E-state index contributed by atoms with van der Waals surface area (Å²) in [5.41, 5.74) is 1.96. The van der Waals surface area contributed by atoms with Crippen molar-refractivity contribution in [3.63, 3.8) is 0 Å². The van der Waals surface area contributed by atoms with E-state index in [4.69, 9.17) is 11.6 Å². The van der Waals surface area contributed by atoms with Crippen molar-refractivity contribution in [3.05, 3.63) is 80.7 Å². The number of carbonyl (C=O) groups excluding carboxylic acids is 1. The van der Waals surface area contributed by atoms with E-state index in [-0.39, 0.29) is 28.4 Å². The molecule has 2 heterocycles. The normalized spacial score (nSPS) is 12.0. The third kappa shape index (κ3) is 3.52. The van der Waals surface area contributed by atoms with Crippen molar-refractivity contribution in [2.75, 3.05) is 0 Å². The molecule has 1 amide bonds. The molecule has 8 heteroatoms. The topological polar surface area (TPSA) is 79.8 Å². The minimum Gasteiger partial charge on any atom is -0.345 e. The fraction of sp³-hybridized carbons (Fsp3) is 0.167. The summed E-state index contributed by atoms with van der Waals surface area (Å²) in [4.78, 5) is 26.0. The Labute approximate surface area is 153 Å². The molecule has 0 radical (unpaired) electrons. The van der Waals surface area contributed by atoms with Gasteiger partial charge in [-0.05, 0) is 38.1 Å². The average Bonchev–Trinajstić information content (AvgIpc) is 2.99. The van der Waals surface area contributed by atoms with Crippen molar-refractivity contribution in [2.45, 2.75) is 19.9 Å². The van der Waals surface area contributed by atoms with Gasteiger partial charge in [-0.3, -0.25) is 9.59 Å². The van der Waals surface area contributed by atoms with Crippen LogP contribution < -0.4 is 10.9 Å². The van der Waals surface area contributed by atoms with Crippen LogP contribution in [0.25, 0.3) is 5.69 Å². The Balaban J connectivity index is 1.82. The van der Waals surface area contributed by atoms with Gasteiger partial charge < -0.3 is 10.3 Å². The molecule has 0 unspecified atom stereocenters. The van der Waals surface area contributed by atoms with E-state index in [0.29, 0.717) is 5.69 Å². The van der Waals surface area contributed by atoms with Crippen molar-refractivity contribution in [2.24, 2.45) is 0 Å². The number of benzene rings is 1. The Kier molecular flexibility index (Phi) is 4.90. The molecule has 3 rings (SSSR count). The van der Waals surface area contributed by atoms with Crippen LogP contribution in [0.4, 0.5) is 4.39 Å². The summed E-state index contributed by atoms with van der Waals surface area (Å²) in [6.07, 6.45) is 2.93. The van der Waals surface area contributed by atoms with Gasteiger partial charge in [-0.15, -0.1) is 0 Å². The lowest BCUT2D eigenvalue weighted by Crippen LogP contribution is -2.27. The summed E-state index contributed by atoms with van der Waals surface area (Å²) in [7, 11) is 0. The first-order valence-corrected chi connectivity index (χ1v) is 8.24. The molecule has 3 aromatic rings. The van der Waals surface area contributed by atoms with E-state index >= 15 is 0 Å². The van der Waals surface area contributed by atoms with E-state index < -0.39 is 5.56 Å². The van der Waals surface area contributed by atoms with Crippen LogP contribution in [0.2, 0.25) is 5.02 Å². The van der Waals surface area contributed by atoms with Crippen LogP contribution in [0.15, 0.2) is 47.5 Å². The number of pyridine rings is 1. The highest BCUT2D eigenvalue weighted by atomic mass is 35.5. The lowest BCUT2D eigenvalue weighted by Gasteiger charge is -2.14. The van der Waals surface area contributed by atoms with Gasteiger partial charge in [0.1, 0.15) is 10.8 Å². The van der Waals surface area contributed by atoms with E-state index in [9.17, 15) is 14.0 Å². The van der Waals surface area contributed by atoms with Gasteiger partial charge in [-0.2, -0.15) is 5.10 Å². The van der Waals surface area contributed by atoms with Crippen molar-refractivity contribution in [1.82, 2.24) is 20.1 Å². The standard InChI is InChI=1S/C18H16ClFN4O2/c1-10(23-17(25)12-6-16(19)18(26)21-8-12)15-9-22-24(11(15)2)14-5-3-4-13(20)7-14/h3-10H,1-2H3,(H,21,26)(H,23,25)/t10-/m0/s1. The number of halogens is 2. The Hall–Kier alpha value is -2.93. The molecule has 0 fully saturated rings. The third-order valence-electron chi connectivity index (χ3n) is 4.03. The van der Waals surface area contributed by atoms with Crippen molar-refractivity contribution >= 4 is 17.5 Å². The van der Waals surface area contributed by atoms with E-state index in [0.717, 1.165) is 11.3 Å². The molecule has 2 N–H and O–H groups in total. The number of hydrogen-bond donors (Lipinski definition) is 2. The lowest BCUT2D eigenvalue weighted by molar-refractivity contribution is 0.0939.